The zero-order valence-corrected chi connectivity index (χ0v) is 42.7. The predicted molar refractivity (Wildman–Crippen MR) is 322 cm³/mol. The van der Waals surface area contributed by atoms with Crippen LogP contribution in [-0.4, -0.2) is 11.8 Å². The van der Waals surface area contributed by atoms with Crippen molar-refractivity contribution >= 4 is 73.9 Å². The first kappa shape index (κ1) is 46.3. The highest BCUT2D eigenvalue weighted by atomic mass is 16.1. The zero-order chi connectivity index (χ0) is 52.0. The highest BCUT2D eigenvalue weighted by molar-refractivity contribution is 6.20. The summed E-state index contributed by atoms with van der Waals surface area (Å²) in [6.45, 7) is 0. The van der Waals surface area contributed by atoms with Gasteiger partial charge in [-0.25, -0.2) is 0 Å². The van der Waals surface area contributed by atoms with Crippen LogP contribution >= 0.6 is 0 Å². The Kier molecular flexibility index (Phi) is 11.6. The van der Waals surface area contributed by atoms with Gasteiger partial charge in [0.05, 0.1) is 5.41 Å². The first-order valence-electron chi connectivity index (χ1n) is 26.7. The van der Waals surface area contributed by atoms with E-state index >= 15 is 4.79 Å². The number of benzene rings is 11. The molecule has 0 aromatic heterocycles. The topological polar surface area (TPSA) is 30.0 Å². The van der Waals surface area contributed by atoms with Crippen LogP contribution in [0, 0.1) is 0 Å². The van der Waals surface area contributed by atoms with E-state index in [1.165, 1.54) is 0 Å². The number of fused-ring (bicyclic) bond motifs is 9. The summed E-state index contributed by atoms with van der Waals surface area (Å²) in [7, 11) is 0. The molecule has 5 heteroatoms. The number of hydrogen-bond donors (Lipinski definition) is 0. The summed E-state index contributed by atoms with van der Waals surface area (Å²) in [6.07, 6.45) is 4.37. The normalized spacial score (nSPS) is 14.3. The van der Waals surface area contributed by atoms with Gasteiger partial charge in [-0.05, 0) is 172 Å². The number of ketones is 1. The van der Waals surface area contributed by atoms with E-state index in [0.29, 0.717) is 0 Å². The van der Waals surface area contributed by atoms with Gasteiger partial charge in [-0.2, -0.15) is 0 Å². The van der Waals surface area contributed by atoms with Gasteiger partial charge in [0, 0.05) is 68.1 Å². The van der Waals surface area contributed by atoms with E-state index in [-0.39, 0.29) is 5.78 Å². The Morgan fingerprint density at radius 1 is 0.282 bits per heavy atom. The lowest BCUT2D eigenvalue weighted by Gasteiger charge is -2.38. The Hall–Kier alpha value is -10.2. The zero-order valence-electron chi connectivity index (χ0n) is 42.7. The summed E-state index contributed by atoms with van der Waals surface area (Å²) in [4.78, 5) is 26.3. The molecular formula is C73H52N4O. The van der Waals surface area contributed by atoms with Crippen molar-refractivity contribution in [1.82, 2.24) is 0 Å². The second kappa shape index (κ2) is 19.5. The molecule has 0 N–H and O–H groups in total. The molecule has 0 aliphatic heterocycles. The molecule has 11 aromatic carbocycles. The molecule has 0 amide bonds. The Morgan fingerprint density at radius 3 is 0.859 bits per heavy atom. The van der Waals surface area contributed by atoms with Crippen LogP contribution in [0.15, 0.2) is 315 Å². The summed E-state index contributed by atoms with van der Waals surface area (Å²) in [5, 5.41) is 0. The standard InChI is InChI=1S/C73H52N4O/c78-72-70(77(58-37-21-7-22-38-58)59-39-23-8-24-40-59)48-47-66-65-46-43-62(76(56-33-17-5-18-34-56)57-35-19-6-20-36-57)51-69(65)73(71(66)72)67-49-60(74(52-25-9-1-10-26-52)53-27-11-2-12-28-53)41-44-63(67)64-45-42-61(50-68(64)73)75(54-29-13-3-14-30-54)55-31-15-4-16-32-55/h1-51,70H. The smallest absolute Gasteiger partial charge is 0.187 e. The van der Waals surface area contributed by atoms with Crippen molar-refractivity contribution in [2.24, 2.45) is 0 Å². The molecule has 0 heterocycles. The van der Waals surface area contributed by atoms with Crippen molar-refractivity contribution in [3.63, 3.8) is 0 Å². The molecule has 0 fully saturated rings. The number of nitrogens with zero attached hydrogens (tertiary/aromatic N) is 4. The molecule has 370 valence electrons. The van der Waals surface area contributed by atoms with Crippen molar-refractivity contribution in [2.45, 2.75) is 11.5 Å². The molecule has 0 saturated carbocycles. The Labute approximate surface area is 455 Å². The number of carbonyl (C=O) groups excluding carboxylic acids is 1. The average Bonchev–Trinajstić information content (AvgIpc) is 3.21. The third-order valence-electron chi connectivity index (χ3n) is 15.6. The van der Waals surface area contributed by atoms with Crippen LogP contribution in [-0.2, 0) is 10.2 Å². The summed E-state index contributed by atoms with van der Waals surface area (Å²) >= 11 is 0. The molecule has 0 bridgehead atoms. The number of carbonyl (C=O) groups is 1. The van der Waals surface area contributed by atoms with Gasteiger partial charge in [-0.1, -0.05) is 176 Å². The molecule has 3 aliphatic carbocycles. The number of anilines is 11. The van der Waals surface area contributed by atoms with E-state index in [0.717, 1.165) is 107 Å². The molecule has 11 aromatic rings. The lowest BCUT2D eigenvalue weighted by molar-refractivity contribution is -0.116. The van der Waals surface area contributed by atoms with Crippen molar-refractivity contribution < 1.29 is 4.79 Å². The van der Waals surface area contributed by atoms with Crippen LogP contribution in [0.4, 0.5) is 62.6 Å². The highest BCUT2D eigenvalue weighted by Crippen LogP contribution is 2.65. The molecule has 0 saturated heterocycles. The summed E-state index contributed by atoms with van der Waals surface area (Å²) in [6, 6.07) is 104. The van der Waals surface area contributed by atoms with Crippen LogP contribution in [0.25, 0.3) is 16.7 Å². The van der Waals surface area contributed by atoms with E-state index in [9.17, 15) is 0 Å². The fraction of sp³-hybridized carbons (Fsp3) is 0.0274. The molecule has 1 spiro atoms. The summed E-state index contributed by atoms with van der Waals surface area (Å²) < 4.78 is 0. The van der Waals surface area contributed by atoms with E-state index in [2.05, 4.69) is 317 Å². The van der Waals surface area contributed by atoms with Crippen LogP contribution in [0.2, 0.25) is 0 Å². The van der Waals surface area contributed by atoms with Crippen LogP contribution < -0.4 is 19.6 Å². The second-order valence-corrected chi connectivity index (χ2v) is 20.0. The quantitative estimate of drug-likeness (QED) is 0.122. The van der Waals surface area contributed by atoms with Gasteiger partial charge >= 0.3 is 0 Å². The third kappa shape index (κ3) is 7.66. The van der Waals surface area contributed by atoms with Gasteiger partial charge < -0.3 is 19.6 Å². The minimum absolute atomic E-state index is 0.0430. The number of hydrogen-bond acceptors (Lipinski definition) is 5. The van der Waals surface area contributed by atoms with Crippen molar-refractivity contribution in [3.05, 3.63) is 337 Å². The van der Waals surface area contributed by atoms with E-state index < -0.39 is 11.5 Å². The van der Waals surface area contributed by atoms with E-state index in [4.69, 9.17) is 0 Å². The molecule has 5 nitrogen and oxygen atoms in total. The number of para-hydroxylation sites is 8. The Bertz CT molecular complexity index is 3750. The molecule has 78 heavy (non-hydrogen) atoms. The van der Waals surface area contributed by atoms with Gasteiger partial charge in [0.1, 0.15) is 6.04 Å². The van der Waals surface area contributed by atoms with Gasteiger partial charge in [-0.3, -0.25) is 4.79 Å². The monoisotopic (exact) mass is 1000 g/mol. The molecular weight excluding hydrogens is 949 g/mol. The van der Waals surface area contributed by atoms with Gasteiger partial charge in [0.2, 0.25) is 0 Å². The molecule has 1 unspecified atom stereocenters. The maximum Gasteiger partial charge on any atom is 0.187 e. The van der Waals surface area contributed by atoms with Crippen molar-refractivity contribution in [2.75, 3.05) is 19.6 Å². The molecule has 1 atom stereocenters. The van der Waals surface area contributed by atoms with E-state index in [1.807, 2.05) is 12.1 Å². The first-order valence-corrected chi connectivity index (χ1v) is 26.7. The minimum atomic E-state index is -1.12. The van der Waals surface area contributed by atoms with Crippen molar-refractivity contribution in [3.8, 4) is 11.1 Å². The number of allylic oxidation sites excluding steroid dienone is 2. The molecule has 0 radical (unpaired) electrons. The van der Waals surface area contributed by atoms with Gasteiger partial charge in [-0.15, -0.1) is 0 Å². The van der Waals surface area contributed by atoms with Crippen LogP contribution in [0.3, 0.4) is 0 Å². The van der Waals surface area contributed by atoms with Crippen LogP contribution in [0.5, 0.6) is 0 Å². The third-order valence-corrected chi connectivity index (χ3v) is 15.6. The molecule has 14 rings (SSSR count). The largest absolute Gasteiger partial charge is 0.327 e. The molecule has 3 aliphatic rings. The van der Waals surface area contributed by atoms with Crippen molar-refractivity contribution in [1.29, 1.82) is 0 Å². The van der Waals surface area contributed by atoms with E-state index in [1.54, 1.807) is 0 Å². The summed E-state index contributed by atoms with van der Waals surface area (Å²) in [5.74, 6) is 0.0430. The van der Waals surface area contributed by atoms with Gasteiger partial charge in [0.15, 0.2) is 5.78 Å². The average molecular weight is 1000 g/mol. The maximum atomic E-state index is 17.0. The lowest BCUT2D eigenvalue weighted by atomic mass is 9.67. The Balaban J connectivity index is 1.09. The Morgan fingerprint density at radius 2 is 0.551 bits per heavy atom. The SMILES string of the molecule is O=C1C2=C(C=CC1N(c1ccccc1)c1ccccc1)c1ccc(N(c3ccccc3)c3ccccc3)cc1C21c2cc(N(c3ccccc3)c3ccccc3)ccc2-c2ccc(N(c3ccccc3)c3ccccc3)cc21. The van der Waals surface area contributed by atoms with Gasteiger partial charge in [0.25, 0.3) is 0 Å². The first-order chi connectivity index (χ1) is 38.6. The maximum absolute atomic E-state index is 17.0. The predicted octanol–water partition coefficient (Wildman–Crippen LogP) is 18.5. The minimum Gasteiger partial charge on any atom is -0.327 e. The summed E-state index contributed by atoms with van der Waals surface area (Å²) in [5.41, 5.74) is 18.0. The fourth-order valence-corrected chi connectivity index (χ4v) is 12.4. The number of rotatable bonds is 12. The second-order valence-electron chi connectivity index (χ2n) is 20.0. The number of Topliss-reactive ketones (excluding diaryl/α,β-unsaturated/α-hetero) is 1. The lowest BCUT2D eigenvalue weighted by Crippen LogP contribution is -2.43. The highest BCUT2D eigenvalue weighted by Gasteiger charge is 2.57. The fourth-order valence-electron chi connectivity index (χ4n) is 12.4. The van der Waals surface area contributed by atoms with Crippen LogP contribution in [0.1, 0.15) is 22.3 Å².